The van der Waals surface area contributed by atoms with Crippen molar-refractivity contribution in [2.75, 3.05) is 23.3 Å². The summed E-state index contributed by atoms with van der Waals surface area (Å²) in [4.78, 5) is 6.71. The van der Waals surface area contributed by atoms with Crippen LogP contribution in [0.5, 0.6) is 0 Å². The van der Waals surface area contributed by atoms with E-state index in [0.717, 1.165) is 19.5 Å². The maximum atomic E-state index is 4.32. The van der Waals surface area contributed by atoms with Gasteiger partial charge in [-0.05, 0) is 37.0 Å². The highest BCUT2D eigenvalue weighted by Gasteiger charge is 2.19. The second kappa shape index (κ2) is 5.95. The number of para-hydroxylation sites is 1. The number of aromatic nitrogens is 1. The number of aryl methyl sites for hydroxylation is 1. The van der Waals surface area contributed by atoms with Crippen molar-refractivity contribution in [1.29, 1.82) is 0 Å². The number of nitrogens with zero attached hydrogens (tertiary/aromatic N) is 2. The second-order valence-electron chi connectivity index (χ2n) is 5.20. The summed E-state index contributed by atoms with van der Waals surface area (Å²) in [6.45, 7) is 4.24. The molecule has 0 unspecified atom stereocenters. The Hall–Kier alpha value is -2.03. The van der Waals surface area contributed by atoms with E-state index in [1.54, 1.807) is 0 Å². The average Bonchev–Trinajstić information content (AvgIpc) is 2.53. The van der Waals surface area contributed by atoms with Crippen molar-refractivity contribution in [2.45, 2.75) is 26.2 Å². The normalized spacial score (nSPS) is 13.9. The van der Waals surface area contributed by atoms with E-state index in [4.69, 9.17) is 0 Å². The molecule has 0 atom stereocenters. The number of nitrogens with one attached hydrogen (secondary N) is 1. The van der Waals surface area contributed by atoms with Gasteiger partial charge < -0.3 is 10.2 Å². The topological polar surface area (TPSA) is 28.2 Å². The van der Waals surface area contributed by atoms with Crippen LogP contribution in [0.3, 0.4) is 0 Å². The van der Waals surface area contributed by atoms with E-state index in [-0.39, 0.29) is 0 Å². The maximum absolute atomic E-state index is 4.32. The summed E-state index contributed by atoms with van der Waals surface area (Å²) in [5, 5.41) is 3.51. The lowest BCUT2D eigenvalue weighted by Gasteiger charge is -2.32. The van der Waals surface area contributed by atoms with E-state index in [9.17, 15) is 0 Å². The van der Waals surface area contributed by atoms with Gasteiger partial charge in [0.25, 0.3) is 0 Å². The van der Waals surface area contributed by atoms with Crippen LogP contribution in [0.4, 0.5) is 17.1 Å². The lowest BCUT2D eigenvalue weighted by atomic mass is 10.0. The van der Waals surface area contributed by atoms with Crippen LogP contribution >= 0.6 is 0 Å². The van der Waals surface area contributed by atoms with Gasteiger partial charge in [-0.3, -0.25) is 4.98 Å². The lowest BCUT2D eigenvalue weighted by molar-refractivity contribution is 0.766. The Morgan fingerprint density at radius 1 is 1.20 bits per heavy atom. The van der Waals surface area contributed by atoms with Gasteiger partial charge in [-0.15, -0.1) is 0 Å². The highest BCUT2D eigenvalue weighted by molar-refractivity contribution is 5.77. The molecule has 0 amide bonds. The van der Waals surface area contributed by atoms with Gasteiger partial charge in [-0.25, -0.2) is 0 Å². The minimum absolute atomic E-state index is 0.993. The number of hydrogen-bond donors (Lipinski definition) is 1. The predicted molar refractivity (Wildman–Crippen MR) is 84.8 cm³/mol. The molecule has 0 spiro atoms. The zero-order chi connectivity index (χ0) is 13.8. The SMILES string of the molecule is CCCNc1ccncc1N1CCCc2ccccc21. The molecule has 0 bridgehead atoms. The molecule has 0 saturated heterocycles. The Morgan fingerprint density at radius 3 is 3.00 bits per heavy atom. The molecule has 3 nitrogen and oxygen atoms in total. The molecule has 1 aliphatic rings. The third-order valence-electron chi connectivity index (χ3n) is 3.77. The van der Waals surface area contributed by atoms with Crippen molar-refractivity contribution >= 4 is 17.1 Å². The molecule has 0 saturated carbocycles. The average molecular weight is 267 g/mol. The molecule has 20 heavy (non-hydrogen) atoms. The van der Waals surface area contributed by atoms with Gasteiger partial charge in [-0.1, -0.05) is 25.1 Å². The van der Waals surface area contributed by atoms with Crippen LogP contribution in [0.15, 0.2) is 42.7 Å². The van der Waals surface area contributed by atoms with Gasteiger partial charge >= 0.3 is 0 Å². The fourth-order valence-electron chi connectivity index (χ4n) is 2.79. The monoisotopic (exact) mass is 267 g/mol. The summed E-state index contributed by atoms with van der Waals surface area (Å²) >= 11 is 0. The van der Waals surface area contributed by atoms with Crippen LogP contribution in [0, 0.1) is 0 Å². The molecule has 104 valence electrons. The van der Waals surface area contributed by atoms with E-state index >= 15 is 0 Å². The first-order valence-electron chi connectivity index (χ1n) is 7.43. The molecule has 2 heterocycles. The molecular weight excluding hydrogens is 246 g/mol. The van der Waals surface area contributed by atoms with Crippen LogP contribution in [0.25, 0.3) is 0 Å². The van der Waals surface area contributed by atoms with Crippen molar-refractivity contribution in [1.82, 2.24) is 4.98 Å². The fraction of sp³-hybridized carbons (Fsp3) is 0.353. The van der Waals surface area contributed by atoms with Crippen molar-refractivity contribution in [3.8, 4) is 0 Å². The zero-order valence-electron chi connectivity index (χ0n) is 12.0. The fourth-order valence-corrected chi connectivity index (χ4v) is 2.79. The molecule has 1 aliphatic heterocycles. The Kier molecular flexibility index (Phi) is 3.86. The first kappa shape index (κ1) is 13.0. The quantitative estimate of drug-likeness (QED) is 0.908. The maximum Gasteiger partial charge on any atom is 0.0832 e. The Labute approximate surface area is 120 Å². The van der Waals surface area contributed by atoms with Gasteiger partial charge in [0, 0.05) is 25.0 Å². The summed E-state index contributed by atoms with van der Waals surface area (Å²) in [5.74, 6) is 0. The molecule has 3 rings (SSSR count). The number of pyridine rings is 1. The highest BCUT2D eigenvalue weighted by Crippen LogP contribution is 2.36. The molecule has 3 heteroatoms. The summed E-state index contributed by atoms with van der Waals surface area (Å²) in [5.41, 5.74) is 5.13. The minimum atomic E-state index is 0.993. The van der Waals surface area contributed by atoms with Gasteiger partial charge in [-0.2, -0.15) is 0 Å². The van der Waals surface area contributed by atoms with E-state index < -0.39 is 0 Å². The largest absolute Gasteiger partial charge is 0.383 e. The van der Waals surface area contributed by atoms with Crippen LogP contribution in [-0.2, 0) is 6.42 Å². The zero-order valence-corrected chi connectivity index (χ0v) is 12.0. The Morgan fingerprint density at radius 2 is 2.10 bits per heavy atom. The summed E-state index contributed by atoms with van der Waals surface area (Å²) in [7, 11) is 0. The molecule has 1 N–H and O–H groups in total. The van der Waals surface area contributed by atoms with E-state index in [1.165, 1.54) is 35.5 Å². The smallest absolute Gasteiger partial charge is 0.0832 e. The summed E-state index contributed by atoms with van der Waals surface area (Å²) in [6.07, 6.45) is 7.32. The van der Waals surface area contributed by atoms with Gasteiger partial charge in [0.15, 0.2) is 0 Å². The van der Waals surface area contributed by atoms with Gasteiger partial charge in [0.05, 0.1) is 17.6 Å². The molecular formula is C17H21N3. The van der Waals surface area contributed by atoms with E-state index in [1.807, 2.05) is 12.4 Å². The van der Waals surface area contributed by atoms with Crippen molar-refractivity contribution < 1.29 is 0 Å². The first-order chi connectivity index (χ1) is 9.90. The highest BCUT2D eigenvalue weighted by atomic mass is 15.2. The number of anilines is 3. The Balaban J connectivity index is 1.98. The summed E-state index contributed by atoms with van der Waals surface area (Å²) in [6, 6.07) is 10.8. The number of rotatable bonds is 4. The first-order valence-corrected chi connectivity index (χ1v) is 7.43. The van der Waals surface area contributed by atoms with Crippen molar-refractivity contribution in [2.24, 2.45) is 0 Å². The molecule has 0 radical (unpaired) electrons. The number of benzene rings is 1. The number of fused-ring (bicyclic) bond motifs is 1. The van der Waals surface area contributed by atoms with Gasteiger partial charge in [0.2, 0.25) is 0 Å². The van der Waals surface area contributed by atoms with Gasteiger partial charge in [0.1, 0.15) is 0 Å². The van der Waals surface area contributed by atoms with Crippen molar-refractivity contribution in [3.63, 3.8) is 0 Å². The van der Waals surface area contributed by atoms with Crippen LogP contribution in [-0.4, -0.2) is 18.1 Å². The summed E-state index contributed by atoms with van der Waals surface area (Å²) < 4.78 is 0. The standard InChI is InChI=1S/C17H21N3/c1-2-10-19-15-9-11-18-13-17(15)20-12-5-7-14-6-3-4-8-16(14)20/h3-4,6,8-9,11,13H,2,5,7,10,12H2,1H3,(H,18,19). The second-order valence-corrected chi connectivity index (χ2v) is 5.20. The molecule has 1 aromatic carbocycles. The molecule has 1 aromatic heterocycles. The lowest BCUT2D eigenvalue weighted by Crippen LogP contribution is -2.25. The third-order valence-corrected chi connectivity index (χ3v) is 3.77. The molecule has 0 aliphatic carbocycles. The Bertz CT molecular complexity index is 580. The van der Waals surface area contributed by atoms with E-state index in [2.05, 4.69) is 52.5 Å². The minimum Gasteiger partial charge on any atom is -0.383 e. The van der Waals surface area contributed by atoms with Crippen LogP contribution in [0.2, 0.25) is 0 Å². The molecule has 2 aromatic rings. The predicted octanol–water partition coefficient (Wildman–Crippen LogP) is 3.99. The van der Waals surface area contributed by atoms with Crippen LogP contribution in [0.1, 0.15) is 25.3 Å². The van der Waals surface area contributed by atoms with Crippen LogP contribution < -0.4 is 10.2 Å². The third kappa shape index (κ3) is 2.48. The van der Waals surface area contributed by atoms with E-state index in [0.29, 0.717) is 0 Å². The number of hydrogen-bond acceptors (Lipinski definition) is 3. The molecule has 0 fully saturated rings. The van der Waals surface area contributed by atoms with Crippen molar-refractivity contribution in [3.05, 3.63) is 48.3 Å².